The van der Waals surface area contributed by atoms with E-state index < -0.39 is 4.50 Å². The van der Waals surface area contributed by atoms with Gasteiger partial charge in [-0.25, -0.2) is 0 Å². The third-order valence-electron chi connectivity index (χ3n) is 4.50. The Morgan fingerprint density at radius 1 is 0.762 bits per heavy atom. The van der Waals surface area contributed by atoms with Crippen LogP contribution in [0.4, 0.5) is 0 Å². The van der Waals surface area contributed by atoms with E-state index in [-0.39, 0.29) is 11.8 Å². The maximum absolute atomic E-state index is 7.02. The van der Waals surface area contributed by atoms with Gasteiger partial charge in [-0.1, -0.05) is 72.8 Å². The summed E-state index contributed by atoms with van der Waals surface area (Å²) in [6.45, 7) is 0. The van der Waals surface area contributed by atoms with Gasteiger partial charge in [-0.2, -0.15) is 0 Å². The van der Waals surface area contributed by atoms with Crippen LogP contribution in [0.15, 0.2) is 60.7 Å². The second-order valence-corrected chi connectivity index (χ2v) is 7.47. The van der Waals surface area contributed by atoms with E-state index >= 15 is 0 Å². The molecule has 2 aliphatic rings. The molecule has 0 N–H and O–H groups in total. The second-order valence-electron chi connectivity index (χ2n) is 5.70. The Bertz CT molecular complexity index is 694. The molecule has 0 nitrogen and oxygen atoms in total. The quantitative estimate of drug-likeness (QED) is 0.557. The molecule has 3 radical (unpaired) electrons. The van der Waals surface area contributed by atoms with Crippen molar-refractivity contribution in [2.75, 3.05) is 0 Å². The molecular formula is C19H14ClSi. The highest BCUT2D eigenvalue weighted by molar-refractivity contribution is 6.46. The van der Waals surface area contributed by atoms with Crippen molar-refractivity contribution >= 4 is 34.0 Å². The number of rotatable bonds is 2. The van der Waals surface area contributed by atoms with Crippen LogP contribution in [0.3, 0.4) is 0 Å². The van der Waals surface area contributed by atoms with Crippen molar-refractivity contribution < 1.29 is 0 Å². The minimum absolute atomic E-state index is 0.160. The van der Waals surface area contributed by atoms with Crippen molar-refractivity contribution in [2.24, 2.45) is 0 Å². The van der Waals surface area contributed by atoms with Crippen molar-refractivity contribution in [1.82, 2.24) is 0 Å². The maximum atomic E-state index is 7.02. The molecule has 2 heteroatoms. The predicted molar refractivity (Wildman–Crippen MR) is 90.8 cm³/mol. The number of fused-ring (bicyclic) bond motifs is 2. The van der Waals surface area contributed by atoms with Crippen molar-refractivity contribution in [3.8, 4) is 0 Å². The Morgan fingerprint density at radius 2 is 1.19 bits per heavy atom. The van der Waals surface area contributed by atoms with Gasteiger partial charge >= 0.3 is 0 Å². The first-order chi connectivity index (χ1) is 10.2. The zero-order chi connectivity index (χ0) is 14.4. The summed E-state index contributed by atoms with van der Waals surface area (Å²) in [7, 11) is 3.90. The van der Waals surface area contributed by atoms with Gasteiger partial charge in [-0.05, 0) is 22.3 Å². The monoisotopic (exact) mass is 305 g/mol. The summed E-state index contributed by atoms with van der Waals surface area (Å²) < 4.78 is -0.549. The topological polar surface area (TPSA) is 0 Å². The molecular weight excluding hydrogens is 292 g/mol. The van der Waals surface area contributed by atoms with E-state index in [1.807, 2.05) is 0 Å². The molecule has 21 heavy (non-hydrogen) atoms. The highest BCUT2D eigenvalue weighted by Crippen LogP contribution is 2.50. The number of halogens is 1. The third kappa shape index (κ3) is 1.96. The normalized spacial score (nSPS) is 24.7. The van der Waals surface area contributed by atoms with Crippen LogP contribution < -0.4 is 0 Å². The molecule has 2 unspecified atom stereocenters. The van der Waals surface area contributed by atoms with Crippen LogP contribution in [0.25, 0.3) is 12.2 Å². The van der Waals surface area contributed by atoms with E-state index in [9.17, 15) is 0 Å². The Hall–Kier alpha value is -1.57. The molecule has 0 spiro atoms. The molecule has 0 saturated carbocycles. The predicted octanol–water partition coefficient (Wildman–Crippen LogP) is 4.71. The Balaban J connectivity index is 1.76. The number of alkyl halides is 1. The van der Waals surface area contributed by atoms with Crippen molar-refractivity contribution in [2.45, 2.75) is 16.3 Å². The maximum Gasteiger partial charge on any atom is 0.0561 e. The summed E-state index contributed by atoms with van der Waals surface area (Å²) in [6.07, 6.45) is 8.75. The van der Waals surface area contributed by atoms with E-state index in [2.05, 4.69) is 83.1 Å². The summed E-state index contributed by atoms with van der Waals surface area (Å²) >= 11 is 7.02. The summed E-state index contributed by atoms with van der Waals surface area (Å²) in [5.74, 6) is 0.320. The largest absolute Gasteiger partial charge is 0.122 e. The van der Waals surface area contributed by atoms with Gasteiger partial charge in [0.1, 0.15) is 0 Å². The first kappa shape index (κ1) is 13.1. The second kappa shape index (κ2) is 4.72. The van der Waals surface area contributed by atoms with Crippen molar-refractivity contribution in [3.63, 3.8) is 0 Å². The van der Waals surface area contributed by atoms with Crippen LogP contribution in [0.1, 0.15) is 34.1 Å². The zero-order valence-corrected chi connectivity index (χ0v) is 13.2. The summed E-state index contributed by atoms with van der Waals surface area (Å²) in [4.78, 5) is 0. The first-order valence-corrected chi connectivity index (χ1v) is 8.04. The minimum atomic E-state index is -0.549. The molecule has 2 aromatic rings. The number of hydrogen-bond donors (Lipinski definition) is 0. The highest BCUT2D eigenvalue weighted by atomic mass is 35.5. The molecule has 0 aromatic heterocycles. The van der Waals surface area contributed by atoms with Gasteiger partial charge in [-0.3, -0.25) is 0 Å². The fraction of sp³-hybridized carbons (Fsp3) is 0.158. The fourth-order valence-corrected chi connectivity index (χ4v) is 4.31. The lowest BCUT2D eigenvalue weighted by atomic mass is 9.86. The van der Waals surface area contributed by atoms with Crippen LogP contribution >= 0.6 is 11.6 Å². The molecule has 0 heterocycles. The number of benzene rings is 2. The average Bonchev–Trinajstić information content (AvgIpc) is 3.12. The van der Waals surface area contributed by atoms with E-state index in [1.54, 1.807) is 0 Å². The van der Waals surface area contributed by atoms with Crippen LogP contribution in [0.5, 0.6) is 0 Å². The van der Waals surface area contributed by atoms with E-state index in [0.29, 0.717) is 0 Å². The fourth-order valence-electron chi connectivity index (χ4n) is 3.43. The lowest BCUT2D eigenvalue weighted by molar-refractivity contribution is 0.635. The smallest absolute Gasteiger partial charge is 0.0561 e. The molecule has 4 rings (SSSR count). The summed E-state index contributed by atoms with van der Waals surface area (Å²) in [5, 5.41) is 0. The third-order valence-corrected chi connectivity index (χ3v) is 5.60. The molecule has 2 aromatic carbocycles. The standard InChI is InChI=1S/C19H14ClSi/c20-19(21,17-11-9-13-5-1-3-7-15(13)17)18-12-10-14-6-2-4-8-16(14)18/h1-12,17-18H. The zero-order valence-electron chi connectivity index (χ0n) is 11.5. The van der Waals surface area contributed by atoms with E-state index in [0.717, 1.165) is 0 Å². The van der Waals surface area contributed by atoms with Gasteiger partial charge in [0, 0.05) is 16.3 Å². The van der Waals surface area contributed by atoms with Gasteiger partial charge in [0.15, 0.2) is 0 Å². The highest BCUT2D eigenvalue weighted by Gasteiger charge is 2.42. The molecule has 0 aliphatic heterocycles. The Kier molecular flexibility index (Phi) is 2.95. The average molecular weight is 306 g/mol. The minimum Gasteiger partial charge on any atom is -0.122 e. The molecule has 0 fully saturated rings. The van der Waals surface area contributed by atoms with Gasteiger partial charge in [-0.15, -0.1) is 11.6 Å². The number of allylic oxidation sites excluding steroid dienone is 2. The molecule has 2 atom stereocenters. The Labute approximate surface area is 133 Å². The first-order valence-electron chi connectivity index (χ1n) is 7.16. The van der Waals surface area contributed by atoms with E-state index in [4.69, 9.17) is 11.6 Å². The van der Waals surface area contributed by atoms with Crippen LogP contribution in [0, 0.1) is 0 Å². The Morgan fingerprint density at radius 3 is 1.67 bits per heavy atom. The van der Waals surface area contributed by atoms with Gasteiger partial charge in [0.25, 0.3) is 0 Å². The summed E-state index contributed by atoms with van der Waals surface area (Å²) in [5.41, 5.74) is 5.11. The molecule has 0 amide bonds. The van der Waals surface area contributed by atoms with Crippen molar-refractivity contribution in [3.05, 3.63) is 82.9 Å². The van der Waals surface area contributed by atoms with Crippen LogP contribution in [-0.4, -0.2) is 14.7 Å². The molecule has 0 bridgehead atoms. The number of hydrogen-bond acceptors (Lipinski definition) is 0. The van der Waals surface area contributed by atoms with Gasteiger partial charge in [0.05, 0.1) is 10.2 Å². The van der Waals surface area contributed by atoms with Crippen LogP contribution in [0.2, 0.25) is 0 Å². The SMILES string of the molecule is [Si]C(Cl)(C1C=Cc2ccccc21)C1C=Cc2ccccc21. The lowest BCUT2D eigenvalue weighted by Crippen LogP contribution is -2.35. The van der Waals surface area contributed by atoms with Gasteiger partial charge < -0.3 is 0 Å². The van der Waals surface area contributed by atoms with Crippen molar-refractivity contribution in [1.29, 1.82) is 0 Å². The molecule has 101 valence electrons. The molecule has 2 aliphatic carbocycles. The molecule has 0 saturated heterocycles. The van der Waals surface area contributed by atoms with E-state index in [1.165, 1.54) is 22.3 Å². The van der Waals surface area contributed by atoms with Gasteiger partial charge in [0.2, 0.25) is 0 Å². The lowest BCUT2D eigenvalue weighted by Gasteiger charge is -2.35. The summed E-state index contributed by atoms with van der Waals surface area (Å²) in [6, 6.07) is 16.9. The van der Waals surface area contributed by atoms with Crippen LogP contribution in [-0.2, 0) is 0 Å².